The van der Waals surface area contributed by atoms with Gasteiger partial charge in [-0.3, -0.25) is 9.69 Å². The van der Waals surface area contributed by atoms with Crippen LogP contribution in [0.25, 0.3) is 0 Å². The van der Waals surface area contributed by atoms with Crippen LogP contribution in [0.3, 0.4) is 0 Å². The van der Waals surface area contributed by atoms with E-state index >= 15 is 0 Å². The first-order valence-corrected chi connectivity index (χ1v) is 17.6. The van der Waals surface area contributed by atoms with Gasteiger partial charge in [0.2, 0.25) is 5.84 Å². The summed E-state index contributed by atoms with van der Waals surface area (Å²) in [5.74, 6) is -1.72. The SMILES string of the molecule is CCCCCCCCCCCCCCCCOc1cc(OCCC)c(N2C(=O)/C(=C\[O-])N=C2C(F)(F)F)cc1C1CCCCC1.[K+]. The van der Waals surface area contributed by atoms with Crippen molar-refractivity contribution in [3.05, 3.63) is 29.7 Å². The number of amides is 1. The van der Waals surface area contributed by atoms with Crippen LogP contribution in [0.1, 0.15) is 154 Å². The van der Waals surface area contributed by atoms with Gasteiger partial charge in [-0.1, -0.05) is 117 Å². The van der Waals surface area contributed by atoms with Crippen LogP contribution >= 0.6 is 0 Å². The van der Waals surface area contributed by atoms with Crippen LogP contribution in [-0.2, 0) is 4.79 Å². The van der Waals surface area contributed by atoms with Crippen LogP contribution in [0, 0.1) is 0 Å². The predicted octanol–water partition coefficient (Wildman–Crippen LogP) is 6.90. The number of carbonyl (C=O) groups is 1. The number of hydrogen-bond acceptors (Lipinski definition) is 5. The first-order chi connectivity index (χ1) is 21.8. The summed E-state index contributed by atoms with van der Waals surface area (Å²) >= 11 is 0. The molecule has 0 unspecified atom stereocenters. The third-order valence-corrected chi connectivity index (χ3v) is 8.82. The van der Waals surface area contributed by atoms with Gasteiger partial charge >= 0.3 is 57.6 Å². The molecule has 0 saturated heterocycles. The Hall–Kier alpha value is -1.07. The van der Waals surface area contributed by atoms with Crippen molar-refractivity contribution in [2.24, 2.45) is 4.99 Å². The van der Waals surface area contributed by atoms with E-state index in [2.05, 4.69) is 11.9 Å². The summed E-state index contributed by atoms with van der Waals surface area (Å²) in [4.78, 5) is 16.8. The van der Waals surface area contributed by atoms with Gasteiger partial charge < -0.3 is 14.6 Å². The van der Waals surface area contributed by atoms with Crippen molar-refractivity contribution in [1.82, 2.24) is 0 Å². The van der Waals surface area contributed by atoms with Crippen molar-refractivity contribution in [2.45, 2.75) is 154 Å². The molecule has 254 valence electrons. The van der Waals surface area contributed by atoms with Crippen molar-refractivity contribution in [3.8, 4) is 11.5 Å². The van der Waals surface area contributed by atoms with E-state index in [4.69, 9.17) is 9.47 Å². The number of hydrogen-bond donors (Lipinski definition) is 0. The number of nitrogens with zero attached hydrogens (tertiary/aromatic N) is 2. The van der Waals surface area contributed by atoms with Gasteiger partial charge in [0, 0.05) is 6.07 Å². The molecule has 1 aromatic rings. The molecule has 0 atom stereocenters. The van der Waals surface area contributed by atoms with E-state index in [9.17, 15) is 23.1 Å². The minimum atomic E-state index is -4.93. The zero-order chi connectivity index (χ0) is 32.5. The monoisotopic (exact) mass is 674 g/mol. The Bertz CT molecular complexity index is 1100. The molecular weight excluding hydrogens is 620 g/mol. The van der Waals surface area contributed by atoms with Gasteiger partial charge in [-0.15, -0.1) is 6.26 Å². The third kappa shape index (κ3) is 13.1. The molecule has 6 nitrogen and oxygen atoms in total. The molecule has 1 heterocycles. The zero-order valence-corrected chi connectivity index (χ0v) is 31.7. The maximum absolute atomic E-state index is 14.0. The summed E-state index contributed by atoms with van der Waals surface area (Å²) < 4.78 is 54.2. The fourth-order valence-electron chi connectivity index (χ4n) is 6.32. The van der Waals surface area contributed by atoms with Crippen LogP contribution in [0.5, 0.6) is 11.5 Å². The number of rotatable bonds is 21. The van der Waals surface area contributed by atoms with Gasteiger partial charge in [0.15, 0.2) is 0 Å². The number of alkyl halides is 3. The Balaban J connectivity index is 0.00000736. The molecule has 3 rings (SSSR count). The van der Waals surface area contributed by atoms with Crippen LogP contribution in [0.2, 0.25) is 0 Å². The number of carbonyl (C=O) groups excluding carboxylic acids is 1. The van der Waals surface area contributed by atoms with Crippen molar-refractivity contribution < 1.29 is 83.9 Å². The smallest absolute Gasteiger partial charge is 0.876 e. The quantitative estimate of drug-likeness (QED) is 0.0616. The Kier molecular flexibility index (Phi) is 20.1. The normalized spacial score (nSPS) is 16.5. The number of amidine groups is 1. The summed E-state index contributed by atoms with van der Waals surface area (Å²) in [6.07, 6.45) is 18.4. The minimum Gasteiger partial charge on any atom is -0.876 e. The molecule has 0 spiro atoms. The summed E-state index contributed by atoms with van der Waals surface area (Å²) in [5, 5.41) is 11.4. The van der Waals surface area contributed by atoms with Gasteiger partial charge in [0.1, 0.15) is 17.2 Å². The van der Waals surface area contributed by atoms with Gasteiger partial charge in [-0.05, 0) is 43.2 Å². The van der Waals surface area contributed by atoms with Crippen LogP contribution < -0.4 is 70.9 Å². The molecule has 2 aliphatic rings. The standard InChI is InChI=1S/C36H55F3N2O4.K/c1-3-5-6-7-8-9-10-11-12-13-14-15-16-20-24-45-32-26-33(44-23-4-2)31(25-29(32)28-21-18-17-19-22-28)41-34(43)30(27-42)40-35(41)36(37,38)39;/h25-28,42H,3-24H2,1-2H3;/q;+1/p-1/b30-27+;. The Morgan fingerprint density at radius 3 is 1.87 bits per heavy atom. The van der Waals surface area contributed by atoms with E-state index in [-0.39, 0.29) is 81.6 Å². The van der Waals surface area contributed by atoms with E-state index in [0.717, 1.165) is 56.9 Å². The topological polar surface area (TPSA) is 74.2 Å². The molecular formula is C36H54F3KN2O4. The second-order valence-corrected chi connectivity index (χ2v) is 12.6. The fourth-order valence-corrected chi connectivity index (χ4v) is 6.32. The minimum absolute atomic E-state index is 0. The molecule has 0 aromatic heterocycles. The molecule has 46 heavy (non-hydrogen) atoms. The largest absolute Gasteiger partial charge is 1.00 e. The first-order valence-electron chi connectivity index (χ1n) is 17.6. The van der Waals surface area contributed by atoms with Crippen molar-refractivity contribution in [1.29, 1.82) is 0 Å². The molecule has 0 bridgehead atoms. The van der Waals surface area contributed by atoms with E-state index in [1.807, 2.05) is 6.92 Å². The molecule has 0 radical (unpaired) electrons. The van der Waals surface area contributed by atoms with E-state index in [1.165, 1.54) is 70.6 Å². The Morgan fingerprint density at radius 1 is 0.804 bits per heavy atom. The summed E-state index contributed by atoms with van der Waals surface area (Å²) in [5.41, 5.74) is -0.0419. The molecule has 1 aliphatic heterocycles. The zero-order valence-electron chi connectivity index (χ0n) is 28.5. The van der Waals surface area contributed by atoms with E-state index < -0.39 is 23.6 Å². The Labute approximate surface area is 317 Å². The maximum atomic E-state index is 14.0. The second-order valence-electron chi connectivity index (χ2n) is 12.6. The van der Waals surface area contributed by atoms with Gasteiger partial charge in [0.25, 0.3) is 5.91 Å². The number of halogens is 3. The third-order valence-electron chi connectivity index (χ3n) is 8.82. The summed E-state index contributed by atoms with van der Waals surface area (Å²) in [7, 11) is 0. The van der Waals surface area contributed by atoms with Crippen LogP contribution in [0.4, 0.5) is 18.9 Å². The number of ether oxygens (including phenoxy) is 2. The van der Waals surface area contributed by atoms with Gasteiger partial charge in [0.05, 0.1) is 18.9 Å². The predicted molar refractivity (Wildman–Crippen MR) is 173 cm³/mol. The number of benzene rings is 1. The molecule has 1 saturated carbocycles. The number of aliphatic imine (C=N–C) groups is 1. The Morgan fingerprint density at radius 2 is 1.35 bits per heavy atom. The molecule has 1 aliphatic carbocycles. The fraction of sp³-hybridized carbons (Fsp3) is 0.722. The van der Waals surface area contributed by atoms with E-state index in [1.54, 1.807) is 12.1 Å². The summed E-state index contributed by atoms with van der Waals surface area (Å²) in [6, 6.07) is 3.24. The molecule has 1 fully saturated rings. The summed E-state index contributed by atoms with van der Waals surface area (Å²) in [6.45, 7) is 4.90. The van der Waals surface area contributed by atoms with Crippen molar-refractivity contribution >= 4 is 17.4 Å². The van der Waals surface area contributed by atoms with E-state index in [0.29, 0.717) is 23.7 Å². The van der Waals surface area contributed by atoms with Gasteiger partial charge in [-0.25, -0.2) is 4.99 Å². The first kappa shape index (κ1) is 41.1. The molecule has 10 heteroatoms. The average Bonchev–Trinajstić information content (AvgIpc) is 3.38. The molecule has 1 amide bonds. The molecule has 1 aromatic carbocycles. The number of anilines is 1. The van der Waals surface area contributed by atoms with Gasteiger partial charge in [-0.2, -0.15) is 13.2 Å². The molecule has 0 N–H and O–H groups in total. The second kappa shape index (κ2) is 22.5. The average molecular weight is 675 g/mol. The van der Waals surface area contributed by atoms with Crippen molar-refractivity contribution in [2.75, 3.05) is 18.1 Å². The maximum Gasteiger partial charge on any atom is 1.00 e. The number of unbranched alkanes of at least 4 members (excludes halogenated alkanes) is 13. The van der Waals surface area contributed by atoms with Crippen LogP contribution in [-0.4, -0.2) is 31.1 Å². The van der Waals surface area contributed by atoms with Crippen molar-refractivity contribution in [3.63, 3.8) is 0 Å². The van der Waals surface area contributed by atoms with Crippen LogP contribution in [0.15, 0.2) is 29.1 Å².